The van der Waals surface area contributed by atoms with Crippen LogP contribution in [0.1, 0.15) is 23.5 Å². The molecular weight excluding hydrogens is 319 g/mol. The lowest BCUT2D eigenvalue weighted by Gasteiger charge is -2.28. The van der Waals surface area contributed by atoms with Gasteiger partial charge in [0.25, 0.3) is 0 Å². The normalized spacial score (nSPS) is 17.2. The average Bonchev–Trinajstić information content (AvgIpc) is 2.98. The Labute approximate surface area is 137 Å². The number of pyridine rings is 1. The Bertz CT molecular complexity index is 758. The Morgan fingerprint density at radius 3 is 2.83 bits per heavy atom. The standard InChI is InChI=1S/C16H16F3N5/c1-23(14-4-2-11(6-20)7-21-14)8-12-3-5-15-22-13(16(17,18)19)10-24(15)9-12/h2,4,7,10,12H,3,5,8-9H2,1H3/t12-/m1/s1. The van der Waals surface area contributed by atoms with Gasteiger partial charge in [-0.3, -0.25) is 0 Å². The van der Waals surface area contributed by atoms with Crippen molar-refractivity contribution in [3.05, 3.63) is 41.6 Å². The van der Waals surface area contributed by atoms with E-state index in [0.29, 0.717) is 30.9 Å². The van der Waals surface area contributed by atoms with Crippen molar-refractivity contribution in [2.75, 3.05) is 18.5 Å². The fraction of sp³-hybridized carbons (Fsp3) is 0.438. The van der Waals surface area contributed by atoms with Gasteiger partial charge in [0.2, 0.25) is 0 Å². The van der Waals surface area contributed by atoms with Crippen LogP contribution in [0.4, 0.5) is 19.0 Å². The molecule has 5 nitrogen and oxygen atoms in total. The van der Waals surface area contributed by atoms with Crippen LogP contribution in [-0.4, -0.2) is 28.1 Å². The van der Waals surface area contributed by atoms with E-state index in [-0.39, 0.29) is 5.92 Å². The van der Waals surface area contributed by atoms with Crippen molar-refractivity contribution in [1.82, 2.24) is 14.5 Å². The molecule has 0 saturated heterocycles. The lowest BCUT2D eigenvalue weighted by Crippen LogP contribution is -2.31. The second kappa shape index (κ2) is 6.15. The van der Waals surface area contributed by atoms with Crippen LogP contribution in [0.3, 0.4) is 0 Å². The number of nitriles is 1. The molecule has 126 valence electrons. The minimum Gasteiger partial charge on any atom is -0.359 e. The summed E-state index contributed by atoms with van der Waals surface area (Å²) in [5.41, 5.74) is -0.326. The predicted octanol–water partition coefficient (Wildman–Crippen LogP) is 2.87. The van der Waals surface area contributed by atoms with Gasteiger partial charge in [-0.15, -0.1) is 0 Å². The Kier molecular flexibility index (Phi) is 4.18. The van der Waals surface area contributed by atoms with E-state index in [1.807, 2.05) is 18.0 Å². The minimum atomic E-state index is -4.40. The van der Waals surface area contributed by atoms with Gasteiger partial charge in [0.15, 0.2) is 5.69 Å². The van der Waals surface area contributed by atoms with Gasteiger partial charge in [-0.25, -0.2) is 9.97 Å². The summed E-state index contributed by atoms with van der Waals surface area (Å²) in [5.74, 6) is 1.45. The molecule has 0 aliphatic carbocycles. The Morgan fingerprint density at radius 1 is 1.42 bits per heavy atom. The van der Waals surface area contributed by atoms with Crippen LogP contribution >= 0.6 is 0 Å². The SMILES string of the molecule is CN(C[C@H]1CCc2nc(C(F)(F)F)cn2C1)c1ccc(C#N)cn1. The maximum atomic E-state index is 12.7. The highest BCUT2D eigenvalue weighted by molar-refractivity contribution is 5.41. The largest absolute Gasteiger partial charge is 0.434 e. The zero-order chi connectivity index (χ0) is 17.3. The number of anilines is 1. The first-order valence-electron chi connectivity index (χ1n) is 7.57. The van der Waals surface area contributed by atoms with Gasteiger partial charge in [-0.2, -0.15) is 18.4 Å². The quantitative estimate of drug-likeness (QED) is 0.865. The molecule has 1 aliphatic heterocycles. The van der Waals surface area contributed by atoms with Gasteiger partial charge in [0.1, 0.15) is 17.7 Å². The molecule has 24 heavy (non-hydrogen) atoms. The summed E-state index contributed by atoms with van der Waals surface area (Å²) in [4.78, 5) is 9.88. The van der Waals surface area contributed by atoms with Crippen LogP contribution < -0.4 is 4.90 Å². The highest BCUT2D eigenvalue weighted by atomic mass is 19.4. The number of nitrogens with zero attached hydrogens (tertiary/aromatic N) is 5. The van der Waals surface area contributed by atoms with Crippen molar-refractivity contribution in [1.29, 1.82) is 5.26 Å². The van der Waals surface area contributed by atoms with Crippen LogP contribution in [0.5, 0.6) is 0 Å². The van der Waals surface area contributed by atoms with Crippen LogP contribution in [0, 0.1) is 17.2 Å². The zero-order valence-corrected chi connectivity index (χ0v) is 13.1. The molecule has 3 heterocycles. The molecule has 1 atom stereocenters. The van der Waals surface area contributed by atoms with E-state index >= 15 is 0 Å². The fourth-order valence-electron chi connectivity index (χ4n) is 2.96. The molecule has 1 aliphatic rings. The third kappa shape index (κ3) is 3.35. The van der Waals surface area contributed by atoms with E-state index in [4.69, 9.17) is 5.26 Å². The highest BCUT2D eigenvalue weighted by Crippen LogP contribution is 2.31. The monoisotopic (exact) mass is 335 g/mol. The topological polar surface area (TPSA) is 57.7 Å². The summed E-state index contributed by atoms with van der Waals surface area (Å²) in [5, 5.41) is 8.79. The molecule has 0 bridgehead atoms. The number of aryl methyl sites for hydroxylation is 1. The second-order valence-electron chi connectivity index (χ2n) is 5.99. The number of fused-ring (bicyclic) bond motifs is 1. The molecule has 0 radical (unpaired) electrons. The average molecular weight is 335 g/mol. The van der Waals surface area contributed by atoms with Crippen LogP contribution in [-0.2, 0) is 19.1 Å². The zero-order valence-electron chi connectivity index (χ0n) is 13.1. The molecule has 0 amide bonds. The van der Waals surface area contributed by atoms with E-state index in [2.05, 4.69) is 9.97 Å². The first-order valence-corrected chi connectivity index (χ1v) is 7.57. The van der Waals surface area contributed by atoms with Crippen molar-refractivity contribution in [2.24, 2.45) is 5.92 Å². The first-order chi connectivity index (χ1) is 11.4. The number of imidazole rings is 1. The van der Waals surface area contributed by atoms with Gasteiger partial charge in [0, 0.05) is 39.0 Å². The summed E-state index contributed by atoms with van der Waals surface area (Å²) < 4.78 is 39.9. The van der Waals surface area contributed by atoms with Gasteiger partial charge in [-0.1, -0.05) is 0 Å². The Morgan fingerprint density at radius 2 is 2.21 bits per heavy atom. The molecule has 3 rings (SSSR count). The molecule has 8 heteroatoms. The smallest absolute Gasteiger partial charge is 0.359 e. The van der Waals surface area contributed by atoms with Crippen molar-refractivity contribution < 1.29 is 13.2 Å². The highest BCUT2D eigenvalue weighted by Gasteiger charge is 2.35. The van der Waals surface area contributed by atoms with Gasteiger partial charge >= 0.3 is 6.18 Å². The third-order valence-corrected chi connectivity index (χ3v) is 4.18. The molecule has 2 aromatic heterocycles. The maximum Gasteiger partial charge on any atom is 0.434 e. The van der Waals surface area contributed by atoms with Crippen molar-refractivity contribution in [3.8, 4) is 6.07 Å². The summed E-state index contributed by atoms with van der Waals surface area (Å²) >= 11 is 0. The number of halogens is 3. The summed E-state index contributed by atoms with van der Waals surface area (Å²) in [6, 6.07) is 5.48. The number of alkyl halides is 3. The van der Waals surface area contributed by atoms with Crippen LogP contribution in [0.15, 0.2) is 24.5 Å². The Hall–Kier alpha value is -2.56. The van der Waals surface area contributed by atoms with Crippen molar-refractivity contribution >= 4 is 5.82 Å². The van der Waals surface area contributed by atoms with Crippen molar-refractivity contribution in [3.63, 3.8) is 0 Å². The number of hydrogen-bond donors (Lipinski definition) is 0. The van der Waals surface area contributed by atoms with E-state index < -0.39 is 11.9 Å². The third-order valence-electron chi connectivity index (χ3n) is 4.18. The van der Waals surface area contributed by atoms with E-state index in [9.17, 15) is 13.2 Å². The summed E-state index contributed by atoms with van der Waals surface area (Å²) in [6.45, 7) is 1.19. The maximum absolute atomic E-state index is 12.7. The van der Waals surface area contributed by atoms with E-state index in [0.717, 1.165) is 18.4 Å². The van der Waals surface area contributed by atoms with E-state index in [1.54, 1.807) is 16.7 Å². The molecular formula is C16H16F3N5. The Balaban J connectivity index is 1.67. The van der Waals surface area contributed by atoms with Crippen molar-refractivity contribution in [2.45, 2.75) is 25.6 Å². The van der Waals surface area contributed by atoms with Crippen LogP contribution in [0.2, 0.25) is 0 Å². The van der Waals surface area contributed by atoms with Gasteiger partial charge < -0.3 is 9.47 Å². The number of hydrogen-bond acceptors (Lipinski definition) is 4. The lowest BCUT2D eigenvalue weighted by atomic mass is 9.99. The molecule has 0 spiro atoms. The second-order valence-corrected chi connectivity index (χ2v) is 5.99. The minimum absolute atomic E-state index is 0.218. The number of aromatic nitrogens is 3. The van der Waals surface area contributed by atoms with Crippen LogP contribution in [0.25, 0.3) is 0 Å². The summed E-state index contributed by atoms with van der Waals surface area (Å²) in [6.07, 6.45) is -0.467. The first kappa shape index (κ1) is 16.3. The molecule has 0 aromatic carbocycles. The number of rotatable bonds is 3. The van der Waals surface area contributed by atoms with Gasteiger partial charge in [0.05, 0.1) is 5.56 Å². The predicted molar refractivity (Wildman–Crippen MR) is 81.3 cm³/mol. The molecule has 0 fully saturated rings. The fourth-order valence-corrected chi connectivity index (χ4v) is 2.96. The summed E-state index contributed by atoms with van der Waals surface area (Å²) in [7, 11) is 1.89. The molecule has 0 saturated carbocycles. The molecule has 0 N–H and O–H groups in total. The van der Waals surface area contributed by atoms with Gasteiger partial charge in [-0.05, 0) is 24.5 Å². The molecule has 2 aromatic rings. The van der Waals surface area contributed by atoms with E-state index in [1.165, 1.54) is 6.20 Å². The molecule has 0 unspecified atom stereocenters. The lowest BCUT2D eigenvalue weighted by molar-refractivity contribution is -0.141.